The largest absolute Gasteiger partial charge is 0.345 e. The summed E-state index contributed by atoms with van der Waals surface area (Å²) in [5.74, 6) is -0.0837. The summed E-state index contributed by atoms with van der Waals surface area (Å²) in [5.41, 5.74) is 2.58. The fourth-order valence-electron chi connectivity index (χ4n) is 2.19. The molecule has 22 heavy (non-hydrogen) atoms. The summed E-state index contributed by atoms with van der Waals surface area (Å²) in [5, 5.41) is 8.89. The van der Waals surface area contributed by atoms with Crippen LogP contribution < -0.4 is 5.32 Å². The van der Waals surface area contributed by atoms with Crippen molar-refractivity contribution in [2.75, 3.05) is 0 Å². The van der Waals surface area contributed by atoms with Gasteiger partial charge in [0.1, 0.15) is 11.6 Å². The van der Waals surface area contributed by atoms with Gasteiger partial charge in [-0.05, 0) is 34.1 Å². The molecule has 0 aromatic carbocycles. The zero-order valence-corrected chi connectivity index (χ0v) is 15.1. The Morgan fingerprint density at radius 3 is 2.45 bits per heavy atom. The Bertz CT molecular complexity index is 673. The summed E-state index contributed by atoms with van der Waals surface area (Å²) in [4.78, 5) is 18.0. The summed E-state index contributed by atoms with van der Waals surface area (Å²) >= 11 is 7.74. The molecule has 0 unspecified atom stereocenters. The van der Waals surface area contributed by atoms with Gasteiger partial charge in [-0.3, -0.25) is 9.48 Å². The third-order valence-electron chi connectivity index (χ3n) is 3.67. The van der Waals surface area contributed by atoms with Gasteiger partial charge in [0.25, 0.3) is 0 Å². The topological polar surface area (TPSA) is 59.8 Å². The summed E-state index contributed by atoms with van der Waals surface area (Å²) in [6.45, 7) is 9.93. The number of hydrogen-bond donors (Lipinski definition) is 1. The predicted molar refractivity (Wildman–Crippen MR) is 89.5 cm³/mol. The van der Waals surface area contributed by atoms with Crippen LogP contribution in [0.4, 0.5) is 0 Å². The van der Waals surface area contributed by atoms with Gasteiger partial charge in [0, 0.05) is 4.88 Å². The van der Waals surface area contributed by atoms with Crippen LogP contribution in [0.2, 0.25) is 5.02 Å². The van der Waals surface area contributed by atoms with Crippen LogP contribution in [-0.2, 0) is 11.3 Å². The second kappa shape index (κ2) is 6.79. The summed E-state index contributed by atoms with van der Waals surface area (Å²) in [6, 6.07) is -0.0580. The van der Waals surface area contributed by atoms with E-state index in [2.05, 4.69) is 15.4 Å². The number of carbonyl (C=O) groups is 1. The zero-order chi connectivity index (χ0) is 16.4. The number of nitrogens with one attached hydrogen (secondary N) is 1. The van der Waals surface area contributed by atoms with E-state index in [4.69, 9.17) is 11.6 Å². The second-order valence-corrected chi connectivity index (χ2v) is 6.98. The van der Waals surface area contributed by atoms with Crippen molar-refractivity contribution in [3.8, 4) is 0 Å². The van der Waals surface area contributed by atoms with Crippen LogP contribution in [0.15, 0.2) is 0 Å². The maximum absolute atomic E-state index is 12.3. The number of halogens is 1. The molecule has 0 fully saturated rings. The van der Waals surface area contributed by atoms with Gasteiger partial charge in [0.2, 0.25) is 5.91 Å². The first-order valence-corrected chi connectivity index (χ1v) is 8.45. The van der Waals surface area contributed by atoms with E-state index in [1.54, 1.807) is 16.0 Å². The summed E-state index contributed by atoms with van der Waals surface area (Å²) in [6.07, 6.45) is 0.802. The van der Waals surface area contributed by atoms with Gasteiger partial charge in [-0.15, -0.1) is 11.3 Å². The molecule has 0 saturated carbocycles. The summed E-state index contributed by atoms with van der Waals surface area (Å²) < 4.78 is 1.64. The molecule has 120 valence electrons. The van der Waals surface area contributed by atoms with E-state index in [-0.39, 0.29) is 18.5 Å². The Balaban J connectivity index is 2.08. The molecule has 0 aliphatic rings. The molecule has 0 aliphatic heterocycles. The fourth-order valence-corrected chi connectivity index (χ4v) is 3.38. The fraction of sp³-hybridized carbons (Fsp3) is 0.533. The summed E-state index contributed by atoms with van der Waals surface area (Å²) in [7, 11) is 0. The Kier molecular flexibility index (Phi) is 5.24. The van der Waals surface area contributed by atoms with E-state index in [1.807, 2.05) is 34.6 Å². The lowest BCUT2D eigenvalue weighted by atomic mass is 10.2. The van der Waals surface area contributed by atoms with Crippen LogP contribution in [0.25, 0.3) is 0 Å². The van der Waals surface area contributed by atoms with E-state index < -0.39 is 0 Å². The molecule has 0 aliphatic carbocycles. The number of aryl methyl sites for hydroxylation is 3. The highest BCUT2D eigenvalue weighted by atomic mass is 35.5. The third-order valence-corrected chi connectivity index (χ3v) is 5.41. The van der Waals surface area contributed by atoms with Crippen LogP contribution >= 0.6 is 22.9 Å². The Morgan fingerprint density at radius 1 is 1.32 bits per heavy atom. The Labute approximate surface area is 139 Å². The molecular weight excluding hydrogens is 320 g/mol. The lowest BCUT2D eigenvalue weighted by Gasteiger charge is -2.15. The molecule has 1 amide bonds. The number of thiazole rings is 1. The van der Waals surface area contributed by atoms with Crippen molar-refractivity contribution in [3.63, 3.8) is 0 Å². The third kappa shape index (κ3) is 3.50. The number of nitrogens with zero attached hydrogens (tertiary/aromatic N) is 3. The molecule has 7 heteroatoms. The van der Waals surface area contributed by atoms with Gasteiger partial charge in [-0.2, -0.15) is 5.10 Å². The zero-order valence-electron chi connectivity index (χ0n) is 13.5. The van der Waals surface area contributed by atoms with Crippen molar-refractivity contribution in [1.29, 1.82) is 0 Å². The van der Waals surface area contributed by atoms with Crippen LogP contribution in [0.3, 0.4) is 0 Å². The molecule has 2 heterocycles. The predicted octanol–water partition coefficient (Wildman–Crippen LogP) is 3.49. The van der Waals surface area contributed by atoms with E-state index >= 15 is 0 Å². The monoisotopic (exact) mass is 340 g/mol. The van der Waals surface area contributed by atoms with E-state index in [9.17, 15) is 4.79 Å². The van der Waals surface area contributed by atoms with Crippen molar-refractivity contribution >= 4 is 28.8 Å². The van der Waals surface area contributed by atoms with Crippen LogP contribution in [0.5, 0.6) is 0 Å². The highest BCUT2D eigenvalue weighted by Gasteiger charge is 2.19. The molecule has 1 atom stereocenters. The molecular formula is C15H21ClN4OS. The number of hydrogen-bond acceptors (Lipinski definition) is 4. The SMILES string of the molecule is CC[C@H](NC(=O)Cn1nc(C)c(Cl)c1C)c1nc(C)c(C)s1. The Hall–Kier alpha value is -1.40. The number of amides is 1. The van der Waals surface area contributed by atoms with Gasteiger partial charge in [-0.1, -0.05) is 18.5 Å². The lowest BCUT2D eigenvalue weighted by molar-refractivity contribution is -0.122. The molecule has 1 N–H and O–H groups in total. The average Bonchev–Trinajstić information content (AvgIpc) is 2.92. The molecule has 2 rings (SSSR count). The van der Waals surface area contributed by atoms with Gasteiger partial charge in [0.15, 0.2) is 0 Å². The van der Waals surface area contributed by atoms with Crippen molar-refractivity contribution in [3.05, 3.63) is 32.0 Å². The van der Waals surface area contributed by atoms with Gasteiger partial charge >= 0.3 is 0 Å². The highest BCUT2D eigenvalue weighted by Crippen LogP contribution is 2.25. The minimum atomic E-state index is -0.0837. The number of rotatable bonds is 5. The second-order valence-electron chi connectivity index (χ2n) is 5.36. The number of aromatic nitrogens is 3. The van der Waals surface area contributed by atoms with Crippen molar-refractivity contribution in [1.82, 2.24) is 20.1 Å². The molecule has 0 spiro atoms. The quantitative estimate of drug-likeness (QED) is 0.906. The van der Waals surface area contributed by atoms with Crippen LogP contribution in [0.1, 0.15) is 46.4 Å². The highest BCUT2D eigenvalue weighted by molar-refractivity contribution is 7.11. The minimum Gasteiger partial charge on any atom is -0.345 e. The lowest BCUT2D eigenvalue weighted by Crippen LogP contribution is -2.31. The van der Waals surface area contributed by atoms with Crippen LogP contribution in [0, 0.1) is 27.7 Å². The van der Waals surface area contributed by atoms with E-state index in [1.165, 1.54) is 4.88 Å². The molecule has 2 aromatic rings. The van der Waals surface area contributed by atoms with Crippen molar-refractivity contribution in [2.24, 2.45) is 0 Å². The van der Waals surface area contributed by atoms with Gasteiger partial charge in [-0.25, -0.2) is 4.98 Å². The maximum atomic E-state index is 12.3. The first kappa shape index (κ1) is 17.0. The van der Waals surface area contributed by atoms with E-state index in [0.717, 1.165) is 28.5 Å². The minimum absolute atomic E-state index is 0.0580. The molecule has 0 radical (unpaired) electrons. The number of carbonyl (C=O) groups excluding carboxylic acids is 1. The first-order chi connectivity index (χ1) is 10.3. The van der Waals surface area contributed by atoms with Crippen LogP contribution in [-0.4, -0.2) is 20.7 Å². The van der Waals surface area contributed by atoms with Gasteiger partial charge in [0.05, 0.1) is 28.1 Å². The standard InChI is InChI=1S/C15H21ClN4OS/c1-6-12(15-17-8(2)11(5)22-15)18-13(21)7-20-10(4)14(16)9(3)19-20/h12H,6-7H2,1-5H3,(H,18,21)/t12-/m0/s1. The normalized spacial score (nSPS) is 12.5. The molecule has 2 aromatic heterocycles. The molecule has 5 nitrogen and oxygen atoms in total. The maximum Gasteiger partial charge on any atom is 0.242 e. The average molecular weight is 341 g/mol. The first-order valence-electron chi connectivity index (χ1n) is 7.26. The van der Waals surface area contributed by atoms with Gasteiger partial charge < -0.3 is 5.32 Å². The smallest absolute Gasteiger partial charge is 0.242 e. The van der Waals surface area contributed by atoms with Crippen molar-refractivity contribution in [2.45, 2.75) is 53.6 Å². The van der Waals surface area contributed by atoms with Crippen molar-refractivity contribution < 1.29 is 4.79 Å². The Morgan fingerprint density at radius 2 is 2.00 bits per heavy atom. The molecule has 0 saturated heterocycles. The van der Waals surface area contributed by atoms with E-state index in [0.29, 0.717) is 5.02 Å². The molecule has 0 bridgehead atoms.